The molecule has 0 atom stereocenters. The van der Waals surface area contributed by atoms with Crippen molar-refractivity contribution < 1.29 is 0 Å². The molecule has 3 rings (SSSR count). The summed E-state index contributed by atoms with van der Waals surface area (Å²) >= 11 is 0. The molecule has 3 aromatic rings. The Kier molecular flexibility index (Phi) is 3.44. The number of nitrogens with two attached hydrogens (primary N) is 1. The molecule has 2 aromatic carbocycles. The van der Waals surface area contributed by atoms with E-state index in [-0.39, 0.29) is 12.4 Å². The van der Waals surface area contributed by atoms with Crippen molar-refractivity contribution in [1.29, 1.82) is 0 Å². The van der Waals surface area contributed by atoms with Crippen molar-refractivity contribution in [3.8, 4) is 11.3 Å². The molecule has 0 amide bonds. The summed E-state index contributed by atoms with van der Waals surface area (Å²) in [7, 11) is 0. The Hall–Kier alpha value is -2.13. The van der Waals surface area contributed by atoms with Crippen LogP contribution in [0, 0.1) is 0 Å². The van der Waals surface area contributed by atoms with Gasteiger partial charge in [-0.05, 0) is 6.07 Å². The molecular formula is C14H12ClN3. The molecule has 0 saturated heterocycles. The van der Waals surface area contributed by atoms with E-state index in [1.165, 1.54) is 0 Å². The molecule has 3 nitrogen and oxygen atoms in total. The minimum absolute atomic E-state index is 0. The molecule has 1 aromatic heterocycles. The van der Waals surface area contributed by atoms with Crippen molar-refractivity contribution in [2.75, 3.05) is 5.73 Å². The molecule has 0 aliphatic rings. The van der Waals surface area contributed by atoms with Crippen LogP contribution >= 0.6 is 12.4 Å². The highest BCUT2D eigenvalue weighted by atomic mass is 35.5. The zero-order chi connectivity index (χ0) is 11.7. The van der Waals surface area contributed by atoms with Gasteiger partial charge in [-0.2, -0.15) is 0 Å². The largest absolute Gasteiger partial charge is 0.368 e. The average molecular weight is 258 g/mol. The van der Waals surface area contributed by atoms with Crippen molar-refractivity contribution in [1.82, 2.24) is 9.97 Å². The van der Waals surface area contributed by atoms with E-state index in [1.807, 2.05) is 54.6 Å². The second kappa shape index (κ2) is 5.02. The number of hydrogen-bond acceptors (Lipinski definition) is 3. The summed E-state index contributed by atoms with van der Waals surface area (Å²) in [5, 5.41) is 1.02. The van der Waals surface area contributed by atoms with Crippen molar-refractivity contribution in [2.24, 2.45) is 0 Å². The van der Waals surface area contributed by atoms with Crippen LogP contribution in [0.15, 0.2) is 54.6 Å². The molecule has 0 radical (unpaired) electrons. The molecule has 0 spiro atoms. The lowest BCUT2D eigenvalue weighted by Gasteiger charge is -2.06. The average Bonchev–Trinajstić information content (AvgIpc) is 2.39. The number of aromatic nitrogens is 2. The predicted octanol–water partition coefficient (Wildman–Crippen LogP) is 3.30. The molecule has 0 saturated carbocycles. The van der Waals surface area contributed by atoms with Crippen LogP contribution in [0.4, 0.5) is 5.95 Å². The number of anilines is 1. The van der Waals surface area contributed by atoms with E-state index < -0.39 is 0 Å². The van der Waals surface area contributed by atoms with Crippen LogP contribution in [0.3, 0.4) is 0 Å². The first-order valence-corrected chi connectivity index (χ1v) is 5.42. The van der Waals surface area contributed by atoms with Crippen LogP contribution in [0.5, 0.6) is 0 Å². The van der Waals surface area contributed by atoms with Crippen molar-refractivity contribution in [3.05, 3.63) is 54.6 Å². The van der Waals surface area contributed by atoms with Crippen LogP contribution in [0.1, 0.15) is 0 Å². The van der Waals surface area contributed by atoms with Crippen molar-refractivity contribution >= 4 is 29.3 Å². The molecule has 1 heterocycles. The SMILES string of the molecule is Cl.Nc1nc(-c2ccccc2)c2ccccc2n1. The van der Waals surface area contributed by atoms with Gasteiger partial charge in [0.25, 0.3) is 0 Å². The smallest absolute Gasteiger partial charge is 0.221 e. The van der Waals surface area contributed by atoms with Gasteiger partial charge in [-0.25, -0.2) is 9.97 Å². The molecule has 0 bridgehead atoms. The Bertz CT molecular complexity index is 668. The monoisotopic (exact) mass is 257 g/mol. The number of hydrogen-bond donors (Lipinski definition) is 1. The Morgan fingerprint density at radius 3 is 2.22 bits per heavy atom. The zero-order valence-electron chi connectivity index (χ0n) is 9.58. The Labute approximate surface area is 111 Å². The van der Waals surface area contributed by atoms with Crippen molar-refractivity contribution in [2.45, 2.75) is 0 Å². The second-order valence-electron chi connectivity index (χ2n) is 3.81. The number of fused-ring (bicyclic) bond motifs is 1. The maximum Gasteiger partial charge on any atom is 0.221 e. The van der Waals surface area contributed by atoms with Gasteiger partial charge >= 0.3 is 0 Å². The number of benzene rings is 2. The fourth-order valence-electron chi connectivity index (χ4n) is 1.91. The van der Waals surface area contributed by atoms with Gasteiger partial charge in [0.1, 0.15) is 0 Å². The molecule has 90 valence electrons. The highest BCUT2D eigenvalue weighted by Crippen LogP contribution is 2.25. The highest BCUT2D eigenvalue weighted by molar-refractivity contribution is 5.92. The predicted molar refractivity (Wildman–Crippen MR) is 76.6 cm³/mol. The standard InChI is InChI=1S/C14H11N3.ClH/c15-14-16-12-9-5-4-8-11(12)13(17-14)10-6-2-1-3-7-10;/h1-9H,(H2,15,16,17);1H. The third kappa shape index (κ3) is 2.13. The van der Waals surface area contributed by atoms with Crippen molar-refractivity contribution in [3.63, 3.8) is 0 Å². The maximum atomic E-state index is 5.74. The van der Waals surface area contributed by atoms with Gasteiger partial charge in [-0.1, -0.05) is 48.5 Å². The summed E-state index contributed by atoms with van der Waals surface area (Å²) < 4.78 is 0. The zero-order valence-corrected chi connectivity index (χ0v) is 10.4. The van der Waals surface area contributed by atoms with Gasteiger partial charge in [-0.15, -0.1) is 12.4 Å². The van der Waals surface area contributed by atoms with Crippen LogP contribution in [0.25, 0.3) is 22.2 Å². The van der Waals surface area contributed by atoms with Gasteiger partial charge in [0.05, 0.1) is 11.2 Å². The maximum absolute atomic E-state index is 5.74. The van der Waals surface area contributed by atoms with E-state index in [2.05, 4.69) is 9.97 Å². The van der Waals surface area contributed by atoms with Gasteiger partial charge in [0, 0.05) is 10.9 Å². The Morgan fingerprint density at radius 2 is 1.44 bits per heavy atom. The Morgan fingerprint density at radius 1 is 0.778 bits per heavy atom. The first-order valence-electron chi connectivity index (χ1n) is 5.42. The highest BCUT2D eigenvalue weighted by Gasteiger charge is 2.06. The van der Waals surface area contributed by atoms with Crippen LogP contribution in [-0.2, 0) is 0 Å². The van der Waals surface area contributed by atoms with E-state index >= 15 is 0 Å². The summed E-state index contributed by atoms with van der Waals surface area (Å²) in [6.45, 7) is 0. The van der Waals surface area contributed by atoms with E-state index in [0.717, 1.165) is 22.2 Å². The van der Waals surface area contributed by atoms with Gasteiger partial charge < -0.3 is 5.73 Å². The lowest BCUT2D eigenvalue weighted by atomic mass is 10.1. The van der Waals surface area contributed by atoms with E-state index in [9.17, 15) is 0 Å². The summed E-state index contributed by atoms with van der Waals surface area (Å²) in [5.41, 5.74) is 8.55. The number of para-hydroxylation sites is 1. The van der Waals surface area contributed by atoms with E-state index in [1.54, 1.807) is 0 Å². The third-order valence-corrected chi connectivity index (χ3v) is 2.67. The quantitative estimate of drug-likeness (QED) is 0.728. The van der Waals surface area contributed by atoms with E-state index in [0.29, 0.717) is 5.95 Å². The molecule has 4 heteroatoms. The third-order valence-electron chi connectivity index (χ3n) is 2.67. The lowest BCUT2D eigenvalue weighted by molar-refractivity contribution is 1.24. The van der Waals surface area contributed by atoms with Crippen LogP contribution in [0.2, 0.25) is 0 Å². The summed E-state index contributed by atoms with van der Waals surface area (Å²) in [5.74, 6) is 0.308. The lowest BCUT2D eigenvalue weighted by Crippen LogP contribution is -1.97. The number of rotatable bonds is 1. The molecule has 0 aliphatic heterocycles. The summed E-state index contributed by atoms with van der Waals surface area (Å²) in [4.78, 5) is 8.57. The van der Waals surface area contributed by atoms with Gasteiger partial charge in [0.2, 0.25) is 5.95 Å². The molecule has 18 heavy (non-hydrogen) atoms. The van der Waals surface area contributed by atoms with E-state index in [4.69, 9.17) is 5.73 Å². The first kappa shape index (κ1) is 12.3. The summed E-state index contributed by atoms with van der Waals surface area (Å²) in [6, 6.07) is 17.9. The van der Waals surface area contributed by atoms with Gasteiger partial charge in [0.15, 0.2) is 0 Å². The fraction of sp³-hybridized carbons (Fsp3) is 0. The molecular weight excluding hydrogens is 246 g/mol. The summed E-state index contributed by atoms with van der Waals surface area (Å²) in [6.07, 6.45) is 0. The number of nitrogen functional groups attached to an aromatic ring is 1. The second-order valence-corrected chi connectivity index (χ2v) is 3.81. The van der Waals surface area contributed by atoms with Crippen LogP contribution in [-0.4, -0.2) is 9.97 Å². The van der Waals surface area contributed by atoms with Crippen LogP contribution < -0.4 is 5.73 Å². The van der Waals surface area contributed by atoms with Gasteiger partial charge in [-0.3, -0.25) is 0 Å². The topological polar surface area (TPSA) is 51.8 Å². The molecule has 2 N–H and O–H groups in total. The fourth-order valence-corrected chi connectivity index (χ4v) is 1.91. The number of nitrogens with zero attached hydrogens (tertiary/aromatic N) is 2. The first-order chi connectivity index (χ1) is 8.34. The normalized spacial score (nSPS) is 10.0. The minimum Gasteiger partial charge on any atom is -0.368 e. The number of halogens is 1. The molecule has 0 fully saturated rings. The molecule has 0 aliphatic carbocycles. The minimum atomic E-state index is 0. The Balaban J connectivity index is 0.00000120. The molecule has 0 unspecified atom stereocenters.